The van der Waals surface area contributed by atoms with Gasteiger partial charge in [-0.25, -0.2) is 9.97 Å². The molecule has 3 aromatic heterocycles. The lowest BCUT2D eigenvalue weighted by Gasteiger charge is -2.06. The number of aromatic nitrogens is 3. The molecule has 0 aliphatic heterocycles. The second kappa shape index (κ2) is 5.60. The summed E-state index contributed by atoms with van der Waals surface area (Å²) >= 11 is 0. The summed E-state index contributed by atoms with van der Waals surface area (Å²) in [5, 5.41) is 2.81. The summed E-state index contributed by atoms with van der Waals surface area (Å²) in [5.41, 5.74) is 4.62. The molecule has 0 atom stereocenters. The molecule has 1 N–H and O–H groups in total. The predicted octanol–water partition coefficient (Wildman–Crippen LogP) is 3.16. The van der Waals surface area contributed by atoms with E-state index in [1.54, 1.807) is 18.3 Å². The van der Waals surface area contributed by atoms with Crippen LogP contribution in [0.2, 0.25) is 0 Å². The Kier molecular flexibility index (Phi) is 3.63. The Morgan fingerprint density at radius 1 is 1.23 bits per heavy atom. The Morgan fingerprint density at radius 2 is 2.05 bits per heavy atom. The summed E-state index contributed by atoms with van der Waals surface area (Å²) < 4.78 is 1.95. The quantitative estimate of drug-likeness (QED) is 0.807. The zero-order valence-electron chi connectivity index (χ0n) is 12.9. The van der Waals surface area contributed by atoms with Gasteiger partial charge in [0.05, 0.1) is 11.3 Å². The Balaban J connectivity index is 1.90. The minimum absolute atomic E-state index is 0.176. The van der Waals surface area contributed by atoms with Crippen molar-refractivity contribution in [3.63, 3.8) is 0 Å². The Hall–Kier alpha value is -2.69. The molecule has 112 valence electrons. The second-order valence-electron chi connectivity index (χ2n) is 5.32. The number of hydrogen-bond donors (Lipinski definition) is 1. The minimum atomic E-state index is -0.176. The standard InChI is InChI=1S/C17H18N4O/c1-4-14-12(3)21-10-13(6-8-16(21)19-14)17(22)20-15-7-5-11(2)9-18-15/h5-10H,4H2,1-3H3,(H,18,20,22). The highest BCUT2D eigenvalue weighted by molar-refractivity contribution is 6.03. The lowest BCUT2D eigenvalue weighted by molar-refractivity contribution is 0.102. The molecule has 0 fully saturated rings. The van der Waals surface area contributed by atoms with E-state index in [0.717, 1.165) is 29.0 Å². The third kappa shape index (κ3) is 2.57. The lowest BCUT2D eigenvalue weighted by Crippen LogP contribution is -2.13. The highest BCUT2D eigenvalue weighted by atomic mass is 16.1. The molecule has 22 heavy (non-hydrogen) atoms. The average molecular weight is 294 g/mol. The van der Waals surface area contributed by atoms with Crippen molar-refractivity contribution in [1.29, 1.82) is 0 Å². The molecule has 0 aliphatic carbocycles. The Bertz CT molecular complexity index is 834. The third-order valence-corrected chi connectivity index (χ3v) is 3.71. The SMILES string of the molecule is CCc1nc2ccc(C(=O)Nc3ccc(C)cn3)cn2c1C. The number of fused-ring (bicyclic) bond motifs is 1. The van der Waals surface area contributed by atoms with Crippen LogP contribution in [-0.4, -0.2) is 20.3 Å². The largest absolute Gasteiger partial charge is 0.307 e. The first-order valence-corrected chi connectivity index (χ1v) is 7.30. The van der Waals surface area contributed by atoms with Gasteiger partial charge in [0.1, 0.15) is 11.5 Å². The van der Waals surface area contributed by atoms with Gasteiger partial charge < -0.3 is 9.72 Å². The van der Waals surface area contributed by atoms with Crippen LogP contribution in [-0.2, 0) is 6.42 Å². The van der Waals surface area contributed by atoms with E-state index in [0.29, 0.717) is 11.4 Å². The first kappa shape index (κ1) is 14.3. The van der Waals surface area contributed by atoms with Gasteiger partial charge in [0.25, 0.3) is 5.91 Å². The van der Waals surface area contributed by atoms with Crippen LogP contribution in [0, 0.1) is 13.8 Å². The molecule has 0 spiro atoms. The first-order chi connectivity index (χ1) is 10.6. The van der Waals surface area contributed by atoms with Crippen LogP contribution in [0.25, 0.3) is 5.65 Å². The maximum absolute atomic E-state index is 12.3. The molecular weight excluding hydrogens is 276 g/mol. The number of rotatable bonds is 3. The van der Waals surface area contributed by atoms with Crippen molar-refractivity contribution in [2.45, 2.75) is 27.2 Å². The summed E-state index contributed by atoms with van der Waals surface area (Å²) in [5.74, 6) is 0.372. The van der Waals surface area contributed by atoms with Gasteiger partial charge in [-0.2, -0.15) is 0 Å². The summed E-state index contributed by atoms with van der Waals surface area (Å²) in [4.78, 5) is 21.1. The van der Waals surface area contributed by atoms with Crippen molar-refractivity contribution >= 4 is 17.4 Å². The second-order valence-corrected chi connectivity index (χ2v) is 5.32. The number of anilines is 1. The number of carbonyl (C=O) groups excluding carboxylic acids is 1. The fraction of sp³-hybridized carbons (Fsp3) is 0.235. The number of aryl methyl sites for hydroxylation is 3. The summed E-state index contributed by atoms with van der Waals surface area (Å²) in [6.45, 7) is 6.05. The van der Waals surface area contributed by atoms with Crippen molar-refractivity contribution in [1.82, 2.24) is 14.4 Å². The van der Waals surface area contributed by atoms with E-state index >= 15 is 0 Å². The van der Waals surface area contributed by atoms with Gasteiger partial charge in [-0.1, -0.05) is 13.0 Å². The van der Waals surface area contributed by atoms with Gasteiger partial charge in [0.15, 0.2) is 0 Å². The monoisotopic (exact) mass is 294 g/mol. The zero-order valence-corrected chi connectivity index (χ0v) is 12.9. The summed E-state index contributed by atoms with van der Waals surface area (Å²) in [6.07, 6.45) is 4.43. The molecule has 3 rings (SSSR count). The number of pyridine rings is 2. The summed E-state index contributed by atoms with van der Waals surface area (Å²) in [6, 6.07) is 7.36. The molecule has 0 saturated heterocycles. The van der Waals surface area contributed by atoms with Gasteiger partial charge in [0, 0.05) is 18.1 Å². The highest BCUT2D eigenvalue weighted by Gasteiger charge is 2.11. The Labute approximate surface area is 129 Å². The van der Waals surface area contributed by atoms with Crippen molar-refractivity contribution in [2.24, 2.45) is 0 Å². The van der Waals surface area contributed by atoms with Crippen LogP contribution in [0.3, 0.4) is 0 Å². The molecule has 0 saturated carbocycles. The number of amides is 1. The number of nitrogens with one attached hydrogen (secondary N) is 1. The average Bonchev–Trinajstić information content (AvgIpc) is 2.85. The van der Waals surface area contributed by atoms with E-state index in [4.69, 9.17) is 0 Å². The third-order valence-electron chi connectivity index (χ3n) is 3.71. The van der Waals surface area contributed by atoms with Crippen LogP contribution in [0.4, 0.5) is 5.82 Å². The lowest BCUT2D eigenvalue weighted by atomic mass is 10.2. The predicted molar refractivity (Wildman–Crippen MR) is 86.2 cm³/mol. The fourth-order valence-corrected chi connectivity index (χ4v) is 2.41. The number of imidazole rings is 1. The first-order valence-electron chi connectivity index (χ1n) is 7.30. The van der Waals surface area contributed by atoms with Crippen LogP contribution >= 0.6 is 0 Å². The number of nitrogens with zero attached hydrogens (tertiary/aromatic N) is 3. The van der Waals surface area contributed by atoms with E-state index in [-0.39, 0.29) is 5.91 Å². The van der Waals surface area contributed by atoms with E-state index in [1.807, 2.05) is 36.6 Å². The molecule has 5 heteroatoms. The maximum atomic E-state index is 12.3. The van der Waals surface area contributed by atoms with Crippen molar-refractivity contribution in [3.05, 3.63) is 59.2 Å². The topological polar surface area (TPSA) is 59.3 Å². The zero-order chi connectivity index (χ0) is 15.7. The van der Waals surface area contributed by atoms with Gasteiger partial charge in [-0.15, -0.1) is 0 Å². The maximum Gasteiger partial charge on any atom is 0.258 e. The van der Waals surface area contributed by atoms with Gasteiger partial charge in [-0.3, -0.25) is 4.79 Å². The summed E-state index contributed by atoms with van der Waals surface area (Å²) in [7, 11) is 0. The molecule has 1 amide bonds. The van der Waals surface area contributed by atoms with E-state index < -0.39 is 0 Å². The van der Waals surface area contributed by atoms with Crippen molar-refractivity contribution in [2.75, 3.05) is 5.32 Å². The molecule has 5 nitrogen and oxygen atoms in total. The van der Waals surface area contributed by atoms with Gasteiger partial charge in [-0.05, 0) is 44.0 Å². The van der Waals surface area contributed by atoms with Gasteiger partial charge >= 0.3 is 0 Å². The molecule has 0 bridgehead atoms. The molecule has 0 aromatic carbocycles. The molecule has 0 unspecified atom stereocenters. The number of hydrogen-bond acceptors (Lipinski definition) is 3. The highest BCUT2D eigenvalue weighted by Crippen LogP contribution is 2.15. The van der Waals surface area contributed by atoms with E-state index in [1.165, 1.54) is 0 Å². The molecule has 3 heterocycles. The normalized spacial score (nSPS) is 10.9. The molecular formula is C17H18N4O. The smallest absolute Gasteiger partial charge is 0.258 e. The molecule has 0 radical (unpaired) electrons. The van der Waals surface area contributed by atoms with E-state index in [2.05, 4.69) is 22.2 Å². The molecule has 3 aromatic rings. The van der Waals surface area contributed by atoms with Gasteiger partial charge in [0.2, 0.25) is 0 Å². The number of carbonyl (C=O) groups is 1. The Morgan fingerprint density at radius 3 is 2.73 bits per heavy atom. The van der Waals surface area contributed by atoms with Crippen LogP contribution < -0.4 is 5.32 Å². The van der Waals surface area contributed by atoms with Crippen molar-refractivity contribution < 1.29 is 4.79 Å². The fourth-order valence-electron chi connectivity index (χ4n) is 2.41. The van der Waals surface area contributed by atoms with Crippen LogP contribution in [0.5, 0.6) is 0 Å². The molecule has 0 aliphatic rings. The van der Waals surface area contributed by atoms with Crippen LogP contribution in [0.1, 0.15) is 34.2 Å². The van der Waals surface area contributed by atoms with Crippen LogP contribution in [0.15, 0.2) is 36.7 Å². The van der Waals surface area contributed by atoms with E-state index in [9.17, 15) is 4.79 Å². The minimum Gasteiger partial charge on any atom is -0.307 e. The van der Waals surface area contributed by atoms with Crippen molar-refractivity contribution in [3.8, 4) is 0 Å².